The van der Waals surface area contributed by atoms with Crippen LogP contribution < -0.4 is 116 Å². The topological polar surface area (TPSA) is 720 Å². The van der Waals surface area contributed by atoms with Gasteiger partial charge in [-0.2, -0.15) is 11.8 Å². The molecule has 626 valence electrons. The summed E-state index contributed by atoms with van der Waals surface area (Å²) < 4.78 is 0. The van der Waals surface area contributed by atoms with E-state index in [1.165, 1.54) is 18.7 Å². The number of carbonyl (C=O) groups is 12. The number of hydrogen-bond acceptors (Lipinski definition) is 21. The Labute approximate surface area is 659 Å². The van der Waals surface area contributed by atoms with Gasteiger partial charge in [0.05, 0.1) is 12.1 Å². The molecule has 0 bridgehead atoms. The van der Waals surface area contributed by atoms with Crippen LogP contribution in [0.1, 0.15) is 134 Å². The average Bonchev–Trinajstić information content (AvgIpc) is 1.73. The number of aromatic amines is 2. The summed E-state index contributed by atoms with van der Waals surface area (Å²) in [5.74, 6) is -12.0. The van der Waals surface area contributed by atoms with Crippen molar-refractivity contribution in [2.24, 2.45) is 78.0 Å². The third kappa shape index (κ3) is 34.3. The summed E-state index contributed by atoms with van der Waals surface area (Å²) in [6, 6.07) is -2.27. The third-order valence-corrected chi connectivity index (χ3v) is 18.9. The number of H-pyrrole nitrogens is 2. The fourth-order valence-corrected chi connectivity index (χ4v) is 12.6. The maximum Gasteiger partial charge on any atom is 0.326 e. The van der Waals surface area contributed by atoms with E-state index in [2.05, 4.69) is 78.1 Å². The van der Waals surface area contributed by atoms with Gasteiger partial charge in [0, 0.05) is 73.1 Å². The number of amides is 11. The minimum Gasteiger partial charge on any atom is -0.480 e. The molecule has 2 aromatic carbocycles. The van der Waals surface area contributed by atoms with Crippen LogP contribution in [-0.4, -0.2) is 233 Å². The summed E-state index contributed by atoms with van der Waals surface area (Å²) >= 11 is 1.34. The molecule has 0 aliphatic carbocycles. The number of aliphatic hydroxyl groups is 1. The summed E-state index contributed by atoms with van der Waals surface area (Å²) in [7, 11) is 0. The average molecular weight is 1600 g/mol. The Bertz CT molecular complexity index is 3840. The van der Waals surface area contributed by atoms with E-state index in [1.54, 1.807) is 67.2 Å². The first kappa shape index (κ1) is 94.5. The van der Waals surface area contributed by atoms with Crippen LogP contribution in [0.3, 0.4) is 0 Å². The molecule has 12 atom stereocenters. The fraction of sp³-hybridized carbons (Fsp3) is 0.569. The second-order valence-electron chi connectivity index (χ2n) is 27.3. The molecular formula is C72H118N26O14S. The number of unbranched alkanes of at least 4 members (excludes halogenated alkanes) is 3. The fourth-order valence-electron chi connectivity index (χ4n) is 12.1. The monoisotopic (exact) mass is 1600 g/mol. The number of aliphatic hydroxyl groups excluding tert-OH is 1. The third-order valence-electron chi connectivity index (χ3n) is 18.3. The zero-order valence-corrected chi connectivity index (χ0v) is 65.0. The predicted octanol–water partition coefficient (Wildman–Crippen LogP) is -5.36. The number of aliphatic carboxylic acids is 1. The number of aliphatic imine (C=N–C) groups is 3. The van der Waals surface area contributed by atoms with Crippen molar-refractivity contribution in [2.45, 2.75) is 208 Å². The molecule has 40 nitrogen and oxygen atoms in total. The van der Waals surface area contributed by atoms with Gasteiger partial charge >= 0.3 is 5.97 Å². The maximum atomic E-state index is 15.3. The SMILES string of the molecule is CSCC[C@H](NC(=O)[C@H](CCCN=C(N)N)NC(=O)[C@H](Cc1c[nH]c2ccccc12)NC(=O)[C@H](CCC(N)=O)NC(=O)[C@H](Cc1c[nH]c2ccccc12)NC(=O)[C@H](CCCN=C(N)N)NC(=O)[C@H](CCCN=C(N)N)NC(=O)[C@@H](NC(=O)[C@@H](N)CCCCN)[C@@H](C)O)C(=O)N[C@@H](CCCCN)C(=O)N[C@@H](CCCCN)C(=O)O. The van der Waals surface area contributed by atoms with Crippen molar-refractivity contribution in [2.75, 3.05) is 51.3 Å². The highest BCUT2D eigenvalue weighted by molar-refractivity contribution is 7.98. The number of carboxylic acid groups (broad SMARTS) is 1. The molecule has 2 heterocycles. The molecule has 0 unspecified atom stereocenters. The summed E-state index contributed by atoms with van der Waals surface area (Å²) in [6.07, 6.45) is 4.42. The number of aromatic nitrogens is 2. The van der Waals surface area contributed by atoms with Crippen molar-refractivity contribution in [1.29, 1.82) is 0 Å². The van der Waals surface area contributed by atoms with E-state index < -0.39 is 156 Å². The van der Waals surface area contributed by atoms with Gasteiger partial charge in [-0.25, -0.2) is 4.79 Å². The lowest BCUT2D eigenvalue weighted by Gasteiger charge is -2.29. The summed E-state index contributed by atoms with van der Waals surface area (Å²) in [5.41, 5.74) is 64.9. The predicted molar refractivity (Wildman–Crippen MR) is 430 cm³/mol. The normalized spacial score (nSPS) is 14.4. The van der Waals surface area contributed by atoms with Crippen molar-refractivity contribution < 1.29 is 67.7 Å². The number of thioether (sulfide) groups is 1. The first-order chi connectivity index (χ1) is 53.9. The van der Waals surface area contributed by atoms with Crippen molar-refractivity contribution in [3.05, 3.63) is 72.1 Å². The molecule has 41 heteroatoms. The van der Waals surface area contributed by atoms with Crippen molar-refractivity contribution in [1.82, 2.24) is 63.1 Å². The molecule has 0 radical (unpaired) electrons. The second-order valence-corrected chi connectivity index (χ2v) is 28.3. The molecule has 113 heavy (non-hydrogen) atoms. The first-order valence-corrected chi connectivity index (χ1v) is 39.1. The summed E-state index contributed by atoms with van der Waals surface area (Å²) in [5, 5.41) is 48.5. The molecule has 4 rings (SSSR count). The smallest absolute Gasteiger partial charge is 0.326 e. The second kappa shape index (κ2) is 50.9. The standard InChI is InChI=1S/C72H118N26O14S/c1-40(99)58(98-59(101)45(76)18-7-10-29-73)68(110)94-51(25-15-34-86-72(82)83)61(103)90-50(24-14-33-85-71(80)81)63(105)96-56(37-42-39-88-47-20-6-4-17-44(42)47)67(109)92-52(26-27-57(77)100)64(106)97-55(36-41-38-87-46-19-5-3-16-43(41)46)66(108)91-49(23-13-32-84-70(78)79)60(102)93-53(28-35-113-2)65(107)89-48(21-8-11-30-74)62(104)95-54(69(111)112)22-9-12-31-75/h3-6,16-17,19-20,38-40,45,48-56,58,87-88,99H,7-15,18,21-37,73-76H2,1-2H3,(H2,77,100)(H,89,107)(H,90,103)(H,91,108)(H,92,109)(H,93,102)(H,94,110)(H,95,104)(H,96,105)(H,97,106)(H,98,101)(H,111,112)(H4,78,79,84)(H4,80,81,85)(H4,82,83,86)/t40-,45+,48+,49+,50+,51+,52+,53+,54+,55+,56+,58+/m1/s1. The number of hydrogen-bond donors (Lipinski definition) is 25. The Balaban J connectivity index is 1.80. The lowest BCUT2D eigenvalue weighted by Crippen LogP contribution is -2.61. The number of fused-ring (bicyclic) bond motifs is 2. The Hall–Kier alpha value is -10.9. The Kier molecular flexibility index (Phi) is 42.6. The van der Waals surface area contributed by atoms with Crippen LogP contribution in [-0.2, 0) is 70.4 Å². The number of nitrogens with one attached hydrogen (secondary N) is 12. The molecule has 11 amide bonds. The number of nitrogens with zero attached hydrogens (tertiary/aromatic N) is 3. The van der Waals surface area contributed by atoms with E-state index in [0.717, 1.165) is 0 Å². The molecule has 0 saturated carbocycles. The number of para-hydroxylation sites is 2. The zero-order chi connectivity index (χ0) is 83.5. The van der Waals surface area contributed by atoms with Gasteiger partial charge < -0.3 is 136 Å². The van der Waals surface area contributed by atoms with Gasteiger partial charge in [-0.05, 0) is 165 Å². The van der Waals surface area contributed by atoms with Crippen molar-refractivity contribution in [3.63, 3.8) is 0 Å². The number of carboxylic acids is 1. The van der Waals surface area contributed by atoms with Crippen molar-refractivity contribution >= 4 is 122 Å². The Morgan fingerprint density at radius 2 is 0.726 bits per heavy atom. The van der Waals surface area contributed by atoms with Crippen LogP contribution in [0.25, 0.3) is 21.8 Å². The molecule has 0 aliphatic heterocycles. The number of rotatable bonds is 56. The van der Waals surface area contributed by atoms with E-state index >= 15 is 19.2 Å². The molecule has 36 N–H and O–H groups in total. The highest BCUT2D eigenvalue weighted by Crippen LogP contribution is 2.22. The summed E-state index contributed by atoms with van der Waals surface area (Å²) in [6.45, 7) is 1.99. The molecule has 0 spiro atoms. The lowest BCUT2D eigenvalue weighted by molar-refractivity contribution is -0.142. The number of primary amides is 1. The number of carbonyl (C=O) groups excluding carboxylic acids is 11. The molecule has 4 aromatic rings. The highest BCUT2D eigenvalue weighted by Gasteiger charge is 2.38. The molecule has 0 aliphatic rings. The van der Waals surface area contributed by atoms with E-state index in [-0.39, 0.29) is 121 Å². The number of nitrogens with two attached hydrogens (primary N) is 11. The largest absolute Gasteiger partial charge is 0.480 e. The van der Waals surface area contributed by atoms with Crippen LogP contribution in [0.15, 0.2) is 75.9 Å². The first-order valence-electron chi connectivity index (χ1n) is 37.8. The minimum atomic E-state index is -1.74. The molecular weight excluding hydrogens is 1490 g/mol. The number of guanidine groups is 3. The Morgan fingerprint density at radius 1 is 0.407 bits per heavy atom. The van der Waals surface area contributed by atoms with E-state index in [4.69, 9.17) is 63.1 Å². The quantitative estimate of drug-likeness (QED) is 0.0111. The van der Waals surface area contributed by atoms with Gasteiger partial charge in [-0.3, -0.25) is 67.7 Å². The van der Waals surface area contributed by atoms with Gasteiger partial charge in [0.25, 0.3) is 0 Å². The highest BCUT2D eigenvalue weighted by atomic mass is 32.2. The summed E-state index contributed by atoms with van der Waals surface area (Å²) in [4.78, 5) is 190. The van der Waals surface area contributed by atoms with Gasteiger partial charge in [0.2, 0.25) is 65.0 Å². The van der Waals surface area contributed by atoms with E-state index in [9.17, 15) is 48.6 Å². The van der Waals surface area contributed by atoms with E-state index in [1.807, 2.05) is 0 Å². The van der Waals surface area contributed by atoms with Gasteiger partial charge in [0.15, 0.2) is 17.9 Å². The van der Waals surface area contributed by atoms with Crippen LogP contribution in [0.5, 0.6) is 0 Å². The van der Waals surface area contributed by atoms with Gasteiger partial charge in [-0.1, -0.05) is 42.8 Å². The van der Waals surface area contributed by atoms with Crippen LogP contribution in [0.4, 0.5) is 0 Å². The number of benzene rings is 2. The maximum absolute atomic E-state index is 15.3. The minimum absolute atomic E-state index is 0.00133. The Morgan fingerprint density at radius 3 is 1.08 bits per heavy atom. The molecule has 0 fully saturated rings. The van der Waals surface area contributed by atoms with E-state index in [0.29, 0.717) is 90.3 Å². The zero-order valence-electron chi connectivity index (χ0n) is 64.2. The van der Waals surface area contributed by atoms with Gasteiger partial charge in [0.1, 0.15) is 60.4 Å². The van der Waals surface area contributed by atoms with Crippen molar-refractivity contribution in [3.8, 4) is 0 Å². The van der Waals surface area contributed by atoms with Gasteiger partial charge in [-0.15, -0.1) is 0 Å². The van der Waals surface area contributed by atoms with Crippen LogP contribution in [0, 0.1) is 0 Å². The molecule has 0 saturated heterocycles. The van der Waals surface area contributed by atoms with Crippen LogP contribution in [0.2, 0.25) is 0 Å². The molecule has 2 aromatic heterocycles. The van der Waals surface area contributed by atoms with Crippen LogP contribution >= 0.6 is 11.8 Å². The lowest BCUT2D eigenvalue weighted by atomic mass is 10.0.